The second-order valence-corrected chi connectivity index (χ2v) is 5.90. The molecule has 1 aliphatic rings. The number of hydrogen-bond donors (Lipinski definition) is 1. The lowest BCUT2D eigenvalue weighted by Gasteiger charge is -2.32. The van der Waals surface area contributed by atoms with Crippen molar-refractivity contribution in [2.45, 2.75) is 32.3 Å². The number of hydrogen-bond acceptors (Lipinski definition) is 3. The summed E-state index contributed by atoms with van der Waals surface area (Å²) in [6.45, 7) is -0.151. The molecule has 0 atom stereocenters. The molecule has 1 aromatic carbocycles. The number of halogens is 3. The Kier molecular flexibility index (Phi) is 9.00. The van der Waals surface area contributed by atoms with Gasteiger partial charge in [-0.25, -0.2) is 0 Å². The first-order chi connectivity index (χ1) is 11.1. The van der Waals surface area contributed by atoms with Gasteiger partial charge in [-0.05, 0) is 56.5 Å². The van der Waals surface area contributed by atoms with Crippen molar-refractivity contribution in [3.8, 4) is 5.75 Å². The normalized spacial score (nSPS) is 15.2. The van der Waals surface area contributed by atoms with Crippen LogP contribution in [0.3, 0.4) is 0 Å². The van der Waals surface area contributed by atoms with Gasteiger partial charge in [0.2, 0.25) is 5.91 Å². The molecule has 0 saturated carbocycles. The highest BCUT2D eigenvalue weighted by Gasteiger charge is 2.21. The molecule has 0 radical (unpaired) electrons. The highest BCUT2D eigenvalue weighted by atomic mass is 35.5. The minimum absolute atomic E-state index is 0. The molecule has 0 aliphatic carbocycles. The van der Waals surface area contributed by atoms with E-state index in [2.05, 4.69) is 10.1 Å². The van der Waals surface area contributed by atoms with Gasteiger partial charge < -0.3 is 15.0 Å². The summed E-state index contributed by atoms with van der Waals surface area (Å²) in [6.07, 6.45) is 3.16. The van der Waals surface area contributed by atoms with Crippen molar-refractivity contribution >= 4 is 18.3 Å². The van der Waals surface area contributed by atoms with Crippen molar-refractivity contribution in [1.82, 2.24) is 10.2 Å². The fraction of sp³-hybridized carbons (Fsp3) is 0.588. The highest BCUT2D eigenvalue weighted by Crippen LogP contribution is 2.19. The molecule has 24 heavy (non-hydrogen) atoms. The van der Waals surface area contributed by atoms with E-state index in [0.717, 1.165) is 38.0 Å². The van der Waals surface area contributed by atoms with Crippen LogP contribution >= 0.6 is 12.4 Å². The molecule has 0 bridgehead atoms. The Hall–Kier alpha value is -1.40. The van der Waals surface area contributed by atoms with Gasteiger partial charge >= 0.3 is 6.61 Å². The summed E-state index contributed by atoms with van der Waals surface area (Å²) in [5.41, 5.74) is 0.949. The van der Waals surface area contributed by atoms with Crippen LogP contribution in [0.25, 0.3) is 0 Å². The van der Waals surface area contributed by atoms with Gasteiger partial charge in [0.25, 0.3) is 0 Å². The minimum atomic E-state index is -2.81. The summed E-state index contributed by atoms with van der Waals surface area (Å²) in [5, 5.41) is 3.18. The van der Waals surface area contributed by atoms with Crippen LogP contribution < -0.4 is 10.1 Å². The van der Waals surface area contributed by atoms with Crippen LogP contribution in [0.4, 0.5) is 8.78 Å². The summed E-state index contributed by atoms with van der Waals surface area (Å²) >= 11 is 0. The Morgan fingerprint density at radius 3 is 2.46 bits per heavy atom. The van der Waals surface area contributed by atoms with E-state index in [9.17, 15) is 13.6 Å². The van der Waals surface area contributed by atoms with Gasteiger partial charge in [0.15, 0.2) is 0 Å². The molecule has 0 spiro atoms. The first-order valence-corrected chi connectivity index (χ1v) is 8.04. The average Bonchev–Trinajstić information content (AvgIpc) is 2.54. The average molecular weight is 363 g/mol. The lowest BCUT2D eigenvalue weighted by molar-refractivity contribution is -0.132. The number of carbonyl (C=O) groups is 1. The predicted molar refractivity (Wildman–Crippen MR) is 91.9 cm³/mol. The van der Waals surface area contributed by atoms with E-state index in [4.69, 9.17) is 0 Å². The number of aryl methyl sites for hydroxylation is 1. The fourth-order valence-electron chi connectivity index (χ4n) is 2.92. The number of benzene rings is 1. The lowest BCUT2D eigenvalue weighted by atomic mass is 9.96. The van der Waals surface area contributed by atoms with Gasteiger partial charge in [0.05, 0.1) is 0 Å². The van der Waals surface area contributed by atoms with Crippen LogP contribution in [0.2, 0.25) is 0 Å². The van der Waals surface area contributed by atoms with E-state index >= 15 is 0 Å². The van der Waals surface area contributed by atoms with Gasteiger partial charge in [-0.3, -0.25) is 4.79 Å². The summed E-state index contributed by atoms with van der Waals surface area (Å²) < 4.78 is 28.5. The molecule has 4 nitrogen and oxygen atoms in total. The monoisotopic (exact) mass is 362 g/mol. The summed E-state index contributed by atoms with van der Waals surface area (Å²) in [5.74, 6) is 0.967. The van der Waals surface area contributed by atoms with E-state index in [-0.39, 0.29) is 24.1 Å². The summed E-state index contributed by atoms with van der Waals surface area (Å²) in [7, 11) is 1.95. The van der Waals surface area contributed by atoms with Crippen LogP contribution in [0.1, 0.15) is 24.8 Å². The maximum absolute atomic E-state index is 12.2. The first-order valence-electron chi connectivity index (χ1n) is 8.04. The molecular formula is C17H25ClF2N2O2. The third-order valence-corrected chi connectivity index (χ3v) is 4.24. The summed E-state index contributed by atoms with van der Waals surface area (Å²) in [4.78, 5) is 14.2. The molecule has 1 N–H and O–H groups in total. The molecule has 7 heteroatoms. The lowest BCUT2D eigenvalue weighted by Crippen LogP contribution is -2.40. The standard InChI is InChI=1S/C17H24F2N2O2.ClH/c1-20-12-14-8-10-21(11-9-14)16(22)7-4-13-2-5-15(6-3-13)23-17(18)19;/h2-3,5-6,14,17,20H,4,7-12H2,1H3;1H. The number of likely N-dealkylation sites (tertiary alicyclic amines) is 1. The van der Waals surface area contributed by atoms with Crippen molar-refractivity contribution in [2.24, 2.45) is 5.92 Å². The molecule has 1 aromatic rings. The van der Waals surface area contributed by atoms with Gasteiger partial charge in [0, 0.05) is 19.5 Å². The summed E-state index contributed by atoms with van der Waals surface area (Å²) in [6, 6.07) is 6.47. The number of carbonyl (C=O) groups excluding carboxylic acids is 1. The van der Waals surface area contributed by atoms with Crippen LogP contribution in [-0.2, 0) is 11.2 Å². The third kappa shape index (κ3) is 6.61. The van der Waals surface area contributed by atoms with Crippen LogP contribution in [-0.4, -0.2) is 44.1 Å². The van der Waals surface area contributed by atoms with E-state index in [1.807, 2.05) is 11.9 Å². The van der Waals surface area contributed by atoms with E-state index in [1.54, 1.807) is 12.1 Å². The molecule has 0 aromatic heterocycles. The molecule has 1 amide bonds. The molecule has 2 rings (SSSR count). The number of nitrogens with one attached hydrogen (secondary N) is 1. The Morgan fingerprint density at radius 2 is 1.92 bits per heavy atom. The SMILES string of the molecule is CNCC1CCN(C(=O)CCc2ccc(OC(F)F)cc2)CC1.Cl. The zero-order chi connectivity index (χ0) is 16.7. The van der Waals surface area contributed by atoms with E-state index in [1.165, 1.54) is 12.1 Å². The van der Waals surface area contributed by atoms with Gasteiger partial charge in [-0.15, -0.1) is 12.4 Å². The molecule has 1 saturated heterocycles. The Labute approximate surface area is 148 Å². The van der Waals surface area contributed by atoms with Crippen LogP contribution in [0.15, 0.2) is 24.3 Å². The second kappa shape index (κ2) is 10.5. The second-order valence-electron chi connectivity index (χ2n) is 5.90. The third-order valence-electron chi connectivity index (χ3n) is 4.24. The van der Waals surface area contributed by atoms with Crippen molar-refractivity contribution in [3.63, 3.8) is 0 Å². The Balaban J connectivity index is 0.00000288. The largest absolute Gasteiger partial charge is 0.435 e. The molecule has 1 fully saturated rings. The van der Waals surface area contributed by atoms with Crippen molar-refractivity contribution in [2.75, 3.05) is 26.7 Å². The molecule has 136 valence electrons. The maximum atomic E-state index is 12.2. The zero-order valence-electron chi connectivity index (χ0n) is 13.8. The van der Waals surface area contributed by atoms with E-state index in [0.29, 0.717) is 18.8 Å². The number of piperidine rings is 1. The zero-order valence-corrected chi connectivity index (χ0v) is 14.7. The van der Waals surface area contributed by atoms with Crippen molar-refractivity contribution in [3.05, 3.63) is 29.8 Å². The topological polar surface area (TPSA) is 41.6 Å². The minimum Gasteiger partial charge on any atom is -0.435 e. The highest BCUT2D eigenvalue weighted by molar-refractivity contribution is 5.85. The van der Waals surface area contributed by atoms with Gasteiger partial charge in [0.1, 0.15) is 5.75 Å². The molecular weight excluding hydrogens is 338 g/mol. The number of alkyl halides is 2. The molecule has 0 unspecified atom stereocenters. The van der Waals surface area contributed by atoms with Crippen molar-refractivity contribution < 1.29 is 18.3 Å². The smallest absolute Gasteiger partial charge is 0.387 e. The van der Waals surface area contributed by atoms with Crippen molar-refractivity contribution in [1.29, 1.82) is 0 Å². The molecule has 1 aliphatic heterocycles. The predicted octanol–water partition coefficient (Wildman–Crippen LogP) is 3.10. The van der Waals surface area contributed by atoms with Crippen LogP contribution in [0.5, 0.6) is 5.75 Å². The van der Waals surface area contributed by atoms with Gasteiger partial charge in [-0.1, -0.05) is 12.1 Å². The quantitative estimate of drug-likeness (QED) is 0.810. The number of rotatable bonds is 7. The number of amides is 1. The Morgan fingerprint density at radius 1 is 1.29 bits per heavy atom. The van der Waals surface area contributed by atoms with Crippen LogP contribution in [0, 0.1) is 5.92 Å². The number of ether oxygens (including phenoxy) is 1. The van der Waals surface area contributed by atoms with Gasteiger partial charge in [-0.2, -0.15) is 8.78 Å². The Bertz CT molecular complexity index is 492. The molecule has 1 heterocycles. The fourth-order valence-corrected chi connectivity index (χ4v) is 2.92. The maximum Gasteiger partial charge on any atom is 0.387 e. The van der Waals surface area contributed by atoms with E-state index < -0.39 is 6.61 Å². The number of nitrogens with zero attached hydrogens (tertiary/aromatic N) is 1. The first kappa shape index (κ1) is 20.6.